The van der Waals surface area contributed by atoms with Crippen molar-refractivity contribution >= 4 is 10.8 Å². The first-order valence-electron chi connectivity index (χ1n) is 3.72. The Morgan fingerprint density at radius 1 is 1.33 bits per heavy atom. The third-order valence-electron chi connectivity index (χ3n) is 2.01. The normalized spacial score (nSPS) is 10.8. The number of aryl methyl sites for hydroxylation is 2. The molecule has 0 aliphatic heterocycles. The number of furan rings is 1. The van der Waals surface area contributed by atoms with E-state index in [0.717, 1.165) is 16.5 Å². The molecule has 2 aromatic heterocycles. The first-order chi connectivity index (χ1) is 5.70. The number of aromatic hydroxyl groups is 1. The van der Waals surface area contributed by atoms with Gasteiger partial charge < -0.3 is 9.52 Å². The molecule has 0 aliphatic carbocycles. The predicted molar refractivity (Wildman–Crippen MR) is 45.1 cm³/mol. The van der Waals surface area contributed by atoms with E-state index in [1.807, 2.05) is 6.92 Å². The summed E-state index contributed by atoms with van der Waals surface area (Å²) in [6.45, 7) is 3.61. The Morgan fingerprint density at radius 2 is 2.08 bits per heavy atom. The van der Waals surface area contributed by atoms with Crippen LogP contribution in [0.1, 0.15) is 11.5 Å². The van der Waals surface area contributed by atoms with Gasteiger partial charge in [0, 0.05) is 11.6 Å². The highest BCUT2D eigenvalue weighted by Crippen LogP contribution is 2.29. The van der Waals surface area contributed by atoms with Crippen LogP contribution in [0.2, 0.25) is 0 Å². The maximum Gasteiger partial charge on any atom is 0.147 e. The largest absolute Gasteiger partial charge is 0.505 e. The van der Waals surface area contributed by atoms with Gasteiger partial charge in [0.05, 0.1) is 11.1 Å². The van der Waals surface area contributed by atoms with Crippen molar-refractivity contribution in [1.29, 1.82) is 0 Å². The number of hydrogen-bond donors (Lipinski definition) is 1. The van der Waals surface area contributed by atoms with Gasteiger partial charge in [-0.3, -0.25) is 4.98 Å². The first-order valence-corrected chi connectivity index (χ1v) is 3.72. The minimum Gasteiger partial charge on any atom is -0.505 e. The lowest BCUT2D eigenvalue weighted by Crippen LogP contribution is -1.81. The van der Waals surface area contributed by atoms with Crippen molar-refractivity contribution in [3.63, 3.8) is 0 Å². The van der Waals surface area contributed by atoms with Gasteiger partial charge in [-0.1, -0.05) is 0 Å². The SMILES string of the molecule is Cc1ncc2c(C)occ2c1O. The quantitative estimate of drug-likeness (QED) is 0.647. The van der Waals surface area contributed by atoms with Crippen molar-refractivity contribution < 1.29 is 9.52 Å². The van der Waals surface area contributed by atoms with Crippen LogP contribution in [-0.2, 0) is 0 Å². The van der Waals surface area contributed by atoms with E-state index in [9.17, 15) is 5.11 Å². The van der Waals surface area contributed by atoms with Crippen LogP contribution < -0.4 is 0 Å². The monoisotopic (exact) mass is 163 g/mol. The third-order valence-corrected chi connectivity index (χ3v) is 2.01. The second kappa shape index (κ2) is 2.24. The number of fused-ring (bicyclic) bond motifs is 1. The van der Waals surface area contributed by atoms with Crippen LogP contribution in [-0.4, -0.2) is 10.1 Å². The smallest absolute Gasteiger partial charge is 0.147 e. The molecule has 0 aliphatic rings. The van der Waals surface area contributed by atoms with E-state index in [1.165, 1.54) is 0 Å². The fourth-order valence-corrected chi connectivity index (χ4v) is 1.23. The molecule has 2 aromatic rings. The van der Waals surface area contributed by atoms with E-state index in [-0.39, 0.29) is 5.75 Å². The number of nitrogens with zero attached hydrogens (tertiary/aromatic N) is 1. The molecule has 2 rings (SSSR count). The van der Waals surface area contributed by atoms with Crippen LogP contribution in [0.25, 0.3) is 10.8 Å². The zero-order valence-electron chi connectivity index (χ0n) is 6.96. The van der Waals surface area contributed by atoms with Crippen LogP contribution in [0, 0.1) is 13.8 Å². The molecule has 3 heteroatoms. The van der Waals surface area contributed by atoms with Crippen LogP contribution in [0.15, 0.2) is 16.9 Å². The van der Waals surface area contributed by atoms with Crippen molar-refractivity contribution in [2.75, 3.05) is 0 Å². The molecular weight excluding hydrogens is 154 g/mol. The molecule has 2 heterocycles. The summed E-state index contributed by atoms with van der Waals surface area (Å²) < 4.78 is 5.15. The van der Waals surface area contributed by atoms with E-state index in [1.54, 1.807) is 19.4 Å². The van der Waals surface area contributed by atoms with Gasteiger partial charge in [-0.25, -0.2) is 0 Å². The molecule has 0 atom stereocenters. The third kappa shape index (κ3) is 0.794. The lowest BCUT2D eigenvalue weighted by Gasteiger charge is -1.96. The van der Waals surface area contributed by atoms with Gasteiger partial charge >= 0.3 is 0 Å². The van der Waals surface area contributed by atoms with Crippen molar-refractivity contribution in [1.82, 2.24) is 4.98 Å². The second-order valence-corrected chi connectivity index (χ2v) is 2.81. The van der Waals surface area contributed by atoms with E-state index < -0.39 is 0 Å². The summed E-state index contributed by atoms with van der Waals surface area (Å²) in [4.78, 5) is 4.03. The summed E-state index contributed by atoms with van der Waals surface area (Å²) >= 11 is 0. The Bertz CT molecular complexity index is 431. The van der Waals surface area contributed by atoms with Gasteiger partial charge in [-0.15, -0.1) is 0 Å². The molecule has 0 fully saturated rings. The minimum absolute atomic E-state index is 0.212. The van der Waals surface area contributed by atoms with Gasteiger partial charge in [0.25, 0.3) is 0 Å². The molecule has 3 nitrogen and oxygen atoms in total. The molecule has 0 aromatic carbocycles. The topological polar surface area (TPSA) is 46.3 Å². The van der Waals surface area contributed by atoms with E-state index in [4.69, 9.17) is 4.42 Å². The zero-order chi connectivity index (χ0) is 8.72. The molecule has 0 unspecified atom stereocenters. The van der Waals surface area contributed by atoms with Gasteiger partial charge in [0.15, 0.2) is 0 Å². The molecule has 0 spiro atoms. The molecule has 0 saturated carbocycles. The number of hydrogen-bond acceptors (Lipinski definition) is 3. The first kappa shape index (κ1) is 7.16. The van der Waals surface area contributed by atoms with Crippen LogP contribution in [0.5, 0.6) is 5.75 Å². The molecule has 0 amide bonds. The number of aromatic nitrogens is 1. The van der Waals surface area contributed by atoms with Crippen LogP contribution >= 0.6 is 0 Å². The number of rotatable bonds is 0. The van der Waals surface area contributed by atoms with Crippen molar-refractivity contribution in [3.05, 3.63) is 23.9 Å². The van der Waals surface area contributed by atoms with Crippen LogP contribution in [0.4, 0.5) is 0 Å². The van der Waals surface area contributed by atoms with Crippen molar-refractivity contribution in [3.8, 4) is 5.75 Å². The fourth-order valence-electron chi connectivity index (χ4n) is 1.23. The Balaban J connectivity index is 2.93. The van der Waals surface area contributed by atoms with Crippen molar-refractivity contribution in [2.24, 2.45) is 0 Å². The highest BCUT2D eigenvalue weighted by atomic mass is 16.3. The molecule has 0 radical (unpaired) electrons. The molecular formula is C9H9NO2. The Morgan fingerprint density at radius 3 is 2.83 bits per heavy atom. The Kier molecular flexibility index (Phi) is 1.33. The lowest BCUT2D eigenvalue weighted by molar-refractivity contribution is 0.473. The molecule has 1 N–H and O–H groups in total. The number of pyridine rings is 1. The predicted octanol–water partition coefficient (Wildman–Crippen LogP) is 2.15. The van der Waals surface area contributed by atoms with Gasteiger partial charge in [0.1, 0.15) is 17.8 Å². The zero-order valence-corrected chi connectivity index (χ0v) is 6.96. The van der Waals surface area contributed by atoms with Crippen molar-refractivity contribution in [2.45, 2.75) is 13.8 Å². The van der Waals surface area contributed by atoms with Gasteiger partial charge in [0.2, 0.25) is 0 Å². The summed E-state index contributed by atoms with van der Waals surface area (Å²) in [5.74, 6) is 0.997. The minimum atomic E-state index is 0.212. The summed E-state index contributed by atoms with van der Waals surface area (Å²) in [5, 5.41) is 11.2. The highest BCUT2D eigenvalue weighted by molar-refractivity contribution is 5.88. The maximum atomic E-state index is 9.55. The van der Waals surface area contributed by atoms with Gasteiger partial charge in [-0.2, -0.15) is 0 Å². The fraction of sp³-hybridized carbons (Fsp3) is 0.222. The average molecular weight is 163 g/mol. The summed E-state index contributed by atoms with van der Waals surface area (Å²) in [6, 6.07) is 0. The molecule has 0 saturated heterocycles. The highest BCUT2D eigenvalue weighted by Gasteiger charge is 2.08. The summed E-state index contributed by atoms with van der Waals surface area (Å²) in [5.41, 5.74) is 0.628. The summed E-state index contributed by atoms with van der Waals surface area (Å²) in [7, 11) is 0. The molecule has 62 valence electrons. The Labute approximate surface area is 69.7 Å². The molecule has 0 bridgehead atoms. The van der Waals surface area contributed by atoms with Gasteiger partial charge in [-0.05, 0) is 13.8 Å². The average Bonchev–Trinajstić information content (AvgIpc) is 2.41. The molecule has 12 heavy (non-hydrogen) atoms. The lowest BCUT2D eigenvalue weighted by atomic mass is 10.2. The second-order valence-electron chi connectivity index (χ2n) is 2.81. The standard InChI is InChI=1S/C9H9NO2/c1-5-9(11)8-4-12-6(2)7(8)3-10-5/h3-4,11H,1-2H3. The van der Waals surface area contributed by atoms with E-state index >= 15 is 0 Å². The Hall–Kier alpha value is -1.51. The van der Waals surface area contributed by atoms with Crippen LogP contribution in [0.3, 0.4) is 0 Å². The van der Waals surface area contributed by atoms with E-state index in [0.29, 0.717) is 5.69 Å². The van der Waals surface area contributed by atoms with E-state index in [2.05, 4.69) is 4.98 Å². The summed E-state index contributed by atoms with van der Waals surface area (Å²) in [6.07, 6.45) is 3.26. The maximum absolute atomic E-state index is 9.55.